The average Bonchev–Trinajstić information content (AvgIpc) is 1.97. The van der Waals surface area contributed by atoms with Crippen LogP contribution in [0.5, 0.6) is 0 Å². The molecule has 1 atom stereocenters. The van der Waals surface area contributed by atoms with Crippen molar-refractivity contribution in [3.63, 3.8) is 0 Å². The van der Waals surface area contributed by atoms with Crippen LogP contribution in [0, 0.1) is 0 Å². The first kappa shape index (κ1) is 11.4. The molecule has 0 aliphatic carbocycles. The van der Waals surface area contributed by atoms with Gasteiger partial charge in [0, 0.05) is 16.9 Å². The Balaban J connectivity index is 3.21. The lowest BCUT2D eigenvalue weighted by atomic mass is 10.3. The number of hydrogen-bond acceptors (Lipinski definition) is 3. The molecule has 0 aromatic heterocycles. The van der Waals surface area contributed by atoms with Crippen LogP contribution in [0.2, 0.25) is 0 Å². The van der Waals surface area contributed by atoms with Gasteiger partial charge in [0.1, 0.15) is 6.29 Å². The summed E-state index contributed by atoms with van der Waals surface area (Å²) in [5.41, 5.74) is 0. The van der Waals surface area contributed by atoms with Crippen LogP contribution in [-0.4, -0.2) is 16.8 Å². The predicted octanol–water partition coefficient (Wildman–Crippen LogP) is 3.14. The number of carbonyl (C=O) groups is 1. The van der Waals surface area contributed by atoms with E-state index in [-0.39, 0.29) is 0 Å². The fourth-order valence-corrected chi connectivity index (χ4v) is 2.73. The lowest BCUT2D eigenvalue weighted by molar-refractivity contribution is -0.107. The molecular formula is C8H16OS2. The zero-order valence-corrected chi connectivity index (χ0v) is 9.00. The maximum absolute atomic E-state index is 10.0. The van der Waals surface area contributed by atoms with Crippen molar-refractivity contribution in [3.05, 3.63) is 0 Å². The average molecular weight is 192 g/mol. The van der Waals surface area contributed by atoms with Gasteiger partial charge in [-0.1, -0.05) is 42.4 Å². The molecule has 1 unspecified atom stereocenters. The molecule has 0 heterocycles. The monoisotopic (exact) mass is 192 g/mol. The summed E-state index contributed by atoms with van der Waals surface area (Å²) >= 11 is 0. The highest BCUT2D eigenvalue weighted by Crippen LogP contribution is 2.32. The Hall–Kier alpha value is 0.370. The highest BCUT2D eigenvalue weighted by Gasteiger charge is 2.03. The minimum absolute atomic E-state index is 0.604. The minimum Gasteiger partial charge on any atom is -0.303 e. The van der Waals surface area contributed by atoms with Gasteiger partial charge < -0.3 is 4.79 Å². The summed E-state index contributed by atoms with van der Waals surface area (Å²) in [5.74, 6) is 0. The molecule has 0 aliphatic heterocycles. The second-order valence-electron chi connectivity index (χ2n) is 2.80. The summed E-state index contributed by atoms with van der Waals surface area (Å²) in [5, 5.41) is 1.28. The van der Waals surface area contributed by atoms with Gasteiger partial charge in [0.05, 0.1) is 0 Å². The van der Waals surface area contributed by atoms with Crippen LogP contribution in [0.4, 0.5) is 0 Å². The molecule has 0 fully saturated rings. The molecule has 0 bridgehead atoms. The van der Waals surface area contributed by atoms with E-state index in [1.165, 1.54) is 0 Å². The Morgan fingerprint density at radius 1 is 1.27 bits per heavy atom. The van der Waals surface area contributed by atoms with E-state index in [1.807, 2.05) is 21.6 Å². The smallest absolute Gasteiger partial charge is 0.120 e. The molecule has 0 N–H and O–H groups in total. The maximum atomic E-state index is 10.0. The SMILES string of the molecule is CC(C)SSC(C)CCC=O. The van der Waals surface area contributed by atoms with E-state index in [2.05, 4.69) is 20.8 Å². The van der Waals surface area contributed by atoms with Gasteiger partial charge in [0.15, 0.2) is 0 Å². The van der Waals surface area contributed by atoms with Crippen molar-refractivity contribution >= 4 is 27.9 Å². The summed E-state index contributed by atoms with van der Waals surface area (Å²) in [6, 6.07) is 0. The Bertz CT molecular complexity index is 104. The summed E-state index contributed by atoms with van der Waals surface area (Å²) in [4.78, 5) is 10.0. The molecule has 0 rings (SSSR count). The van der Waals surface area contributed by atoms with Crippen molar-refractivity contribution in [2.24, 2.45) is 0 Å². The summed E-state index contributed by atoms with van der Waals surface area (Å²) in [6.45, 7) is 6.54. The third kappa shape index (κ3) is 8.27. The zero-order chi connectivity index (χ0) is 8.69. The van der Waals surface area contributed by atoms with E-state index in [1.54, 1.807) is 0 Å². The van der Waals surface area contributed by atoms with Gasteiger partial charge in [-0.15, -0.1) is 0 Å². The topological polar surface area (TPSA) is 17.1 Å². The van der Waals surface area contributed by atoms with Gasteiger partial charge >= 0.3 is 0 Å². The van der Waals surface area contributed by atoms with Gasteiger partial charge in [-0.3, -0.25) is 0 Å². The second-order valence-corrected chi connectivity index (χ2v) is 6.08. The van der Waals surface area contributed by atoms with Crippen LogP contribution in [0.25, 0.3) is 0 Å². The predicted molar refractivity (Wildman–Crippen MR) is 55.1 cm³/mol. The van der Waals surface area contributed by atoms with E-state index >= 15 is 0 Å². The van der Waals surface area contributed by atoms with Crippen LogP contribution < -0.4 is 0 Å². The molecule has 0 saturated heterocycles. The molecule has 0 aromatic carbocycles. The van der Waals surface area contributed by atoms with Gasteiger partial charge in [0.25, 0.3) is 0 Å². The van der Waals surface area contributed by atoms with Crippen LogP contribution in [0.15, 0.2) is 0 Å². The molecular weight excluding hydrogens is 176 g/mol. The molecule has 0 aromatic rings. The van der Waals surface area contributed by atoms with E-state index < -0.39 is 0 Å². The molecule has 0 aliphatic rings. The first-order chi connectivity index (χ1) is 5.16. The number of rotatable bonds is 6. The van der Waals surface area contributed by atoms with Crippen LogP contribution in [-0.2, 0) is 4.79 Å². The fourth-order valence-electron chi connectivity index (χ4n) is 0.557. The van der Waals surface area contributed by atoms with Gasteiger partial charge in [-0.25, -0.2) is 0 Å². The van der Waals surface area contributed by atoms with Crippen LogP contribution >= 0.6 is 21.6 Å². The zero-order valence-electron chi connectivity index (χ0n) is 7.37. The number of hydrogen-bond donors (Lipinski definition) is 0. The highest BCUT2D eigenvalue weighted by atomic mass is 33.1. The number of aldehydes is 1. The first-order valence-corrected chi connectivity index (χ1v) is 6.20. The highest BCUT2D eigenvalue weighted by molar-refractivity contribution is 8.77. The van der Waals surface area contributed by atoms with Gasteiger partial charge in [-0.2, -0.15) is 0 Å². The molecule has 11 heavy (non-hydrogen) atoms. The van der Waals surface area contributed by atoms with E-state index in [9.17, 15) is 4.79 Å². The third-order valence-corrected chi connectivity index (χ3v) is 4.64. The Morgan fingerprint density at radius 2 is 1.91 bits per heavy atom. The standard InChI is InChI=1S/C8H16OS2/c1-7(2)10-11-8(3)5-4-6-9/h6-8H,4-5H2,1-3H3. The minimum atomic E-state index is 0.604. The second kappa shape index (κ2) is 7.04. The van der Waals surface area contributed by atoms with Crippen molar-refractivity contribution in [2.45, 2.75) is 44.1 Å². The van der Waals surface area contributed by atoms with E-state index in [0.29, 0.717) is 16.9 Å². The third-order valence-electron chi connectivity index (χ3n) is 1.10. The summed E-state index contributed by atoms with van der Waals surface area (Å²) in [6.07, 6.45) is 2.71. The van der Waals surface area contributed by atoms with Crippen molar-refractivity contribution < 1.29 is 4.79 Å². The Morgan fingerprint density at radius 3 is 2.36 bits per heavy atom. The Kier molecular flexibility index (Phi) is 7.28. The molecule has 1 nitrogen and oxygen atoms in total. The molecule has 0 spiro atoms. The van der Waals surface area contributed by atoms with Crippen molar-refractivity contribution in [1.82, 2.24) is 0 Å². The quantitative estimate of drug-likeness (QED) is 0.475. The van der Waals surface area contributed by atoms with Crippen molar-refractivity contribution in [3.8, 4) is 0 Å². The molecule has 0 amide bonds. The maximum Gasteiger partial charge on any atom is 0.120 e. The molecule has 3 heteroatoms. The first-order valence-electron chi connectivity index (χ1n) is 3.92. The summed E-state index contributed by atoms with van der Waals surface area (Å²) < 4.78 is 0. The van der Waals surface area contributed by atoms with Gasteiger partial charge in [0.2, 0.25) is 0 Å². The molecule has 0 radical (unpaired) electrons. The normalized spacial score (nSPS) is 13.5. The number of carbonyl (C=O) groups excluding carboxylic acids is 1. The van der Waals surface area contributed by atoms with Crippen LogP contribution in [0.3, 0.4) is 0 Å². The lowest BCUT2D eigenvalue weighted by Crippen LogP contribution is -1.95. The van der Waals surface area contributed by atoms with Gasteiger partial charge in [-0.05, 0) is 6.42 Å². The van der Waals surface area contributed by atoms with E-state index in [0.717, 1.165) is 12.7 Å². The lowest BCUT2D eigenvalue weighted by Gasteiger charge is -2.09. The van der Waals surface area contributed by atoms with Crippen LogP contribution in [0.1, 0.15) is 33.6 Å². The molecule has 0 saturated carbocycles. The van der Waals surface area contributed by atoms with Crippen molar-refractivity contribution in [1.29, 1.82) is 0 Å². The Labute approximate surface area is 77.1 Å². The fraction of sp³-hybridized carbons (Fsp3) is 0.875. The van der Waals surface area contributed by atoms with Crippen molar-refractivity contribution in [2.75, 3.05) is 0 Å². The molecule has 66 valence electrons. The largest absolute Gasteiger partial charge is 0.303 e. The van der Waals surface area contributed by atoms with E-state index in [4.69, 9.17) is 0 Å². The summed E-state index contributed by atoms with van der Waals surface area (Å²) in [7, 11) is 3.77.